The molecule has 2 aromatic rings. The lowest BCUT2D eigenvalue weighted by Crippen LogP contribution is -1.93. The summed E-state index contributed by atoms with van der Waals surface area (Å²) >= 11 is 0. The van der Waals surface area contributed by atoms with Gasteiger partial charge in [0.1, 0.15) is 0 Å². The molecule has 0 fully saturated rings. The molecule has 2 aromatic carbocycles. The van der Waals surface area contributed by atoms with Crippen LogP contribution in [-0.2, 0) is 12.8 Å². The number of hydrogen-bond acceptors (Lipinski definition) is 0. The Morgan fingerprint density at radius 2 is 1.44 bits per heavy atom. The van der Waals surface area contributed by atoms with Crippen molar-refractivity contribution in [2.24, 2.45) is 0 Å². The number of hydrogen-bond donors (Lipinski definition) is 0. The lowest BCUT2D eigenvalue weighted by molar-refractivity contribution is 0.948. The Kier molecular flexibility index (Phi) is 3.40. The van der Waals surface area contributed by atoms with E-state index in [0.29, 0.717) is 0 Å². The predicted octanol–water partition coefficient (Wildman–Crippen LogP) is 4.09. The average Bonchev–Trinajstić information content (AvgIpc) is 2.30. The Balaban J connectivity index is 2.02. The summed E-state index contributed by atoms with van der Waals surface area (Å²) in [6, 6.07) is 17.5. The molecule has 0 bridgehead atoms. The third-order valence-corrected chi connectivity index (χ3v) is 3.06. The van der Waals surface area contributed by atoms with Crippen molar-refractivity contribution in [2.45, 2.75) is 26.7 Å². The molecule has 0 aliphatic heterocycles. The van der Waals surface area contributed by atoms with Gasteiger partial charge in [-0.05, 0) is 43.4 Å². The second-order valence-corrected chi connectivity index (χ2v) is 4.41. The van der Waals surface area contributed by atoms with Crippen LogP contribution in [0.3, 0.4) is 0 Å². The molecule has 0 unspecified atom stereocenters. The molecule has 0 saturated carbocycles. The normalized spacial score (nSPS) is 10.4. The van der Waals surface area contributed by atoms with Gasteiger partial charge in [-0.3, -0.25) is 0 Å². The van der Waals surface area contributed by atoms with Gasteiger partial charge in [-0.1, -0.05) is 54.1 Å². The second-order valence-electron chi connectivity index (χ2n) is 4.41. The number of rotatable bonds is 3. The molecule has 0 saturated heterocycles. The molecular formula is C16H18. The largest absolute Gasteiger partial charge is 0.0620 e. The summed E-state index contributed by atoms with van der Waals surface area (Å²) in [6.45, 7) is 4.32. The molecule has 0 heterocycles. The van der Waals surface area contributed by atoms with Crippen molar-refractivity contribution in [3.05, 3.63) is 70.8 Å². The van der Waals surface area contributed by atoms with E-state index in [4.69, 9.17) is 0 Å². The number of benzene rings is 2. The molecule has 0 atom stereocenters. The van der Waals surface area contributed by atoms with Crippen LogP contribution >= 0.6 is 0 Å². The molecule has 0 amide bonds. The lowest BCUT2D eigenvalue weighted by Gasteiger charge is -2.05. The maximum absolute atomic E-state index is 2.23. The fraction of sp³-hybridized carbons (Fsp3) is 0.250. The van der Waals surface area contributed by atoms with Crippen molar-refractivity contribution in [3.8, 4) is 0 Å². The minimum atomic E-state index is 1.13. The molecule has 0 aliphatic carbocycles. The average molecular weight is 210 g/mol. The third kappa shape index (κ3) is 2.73. The van der Waals surface area contributed by atoms with E-state index in [-0.39, 0.29) is 0 Å². The SMILES string of the molecule is Cc1ccc(CCc2ccccc2C)cc1. The summed E-state index contributed by atoms with van der Waals surface area (Å²) in [7, 11) is 0. The first-order valence-electron chi connectivity index (χ1n) is 5.86. The summed E-state index contributed by atoms with van der Waals surface area (Å²) in [5, 5.41) is 0. The summed E-state index contributed by atoms with van der Waals surface area (Å²) in [4.78, 5) is 0. The van der Waals surface area contributed by atoms with Gasteiger partial charge in [-0.15, -0.1) is 0 Å². The van der Waals surface area contributed by atoms with E-state index in [1.807, 2.05) is 0 Å². The van der Waals surface area contributed by atoms with Crippen molar-refractivity contribution in [3.63, 3.8) is 0 Å². The van der Waals surface area contributed by atoms with Gasteiger partial charge in [0.25, 0.3) is 0 Å². The van der Waals surface area contributed by atoms with Crippen molar-refractivity contribution < 1.29 is 0 Å². The number of aryl methyl sites for hydroxylation is 4. The van der Waals surface area contributed by atoms with E-state index in [9.17, 15) is 0 Å². The smallest absolute Gasteiger partial charge is 0.0236 e. The van der Waals surface area contributed by atoms with E-state index in [1.165, 1.54) is 22.3 Å². The van der Waals surface area contributed by atoms with Crippen LogP contribution in [-0.4, -0.2) is 0 Å². The molecule has 16 heavy (non-hydrogen) atoms. The maximum Gasteiger partial charge on any atom is -0.0236 e. The van der Waals surface area contributed by atoms with E-state index >= 15 is 0 Å². The van der Waals surface area contributed by atoms with Gasteiger partial charge in [-0.2, -0.15) is 0 Å². The van der Waals surface area contributed by atoms with Crippen molar-refractivity contribution in [1.29, 1.82) is 0 Å². The Labute approximate surface area is 97.9 Å². The van der Waals surface area contributed by atoms with Crippen LogP contribution in [0.4, 0.5) is 0 Å². The molecule has 0 heteroatoms. The molecule has 0 aliphatic rings. The van der Waals surface area contributed by atoms with E-state index in [1.54, 1.807) is 0 Å². The highest BCUT2D eigenvalue weighted by atomic mass is 14.0. The third-order valence-electron chi connectivity index (χ3n) is 3.06. The molecular weight excluding hydrogens is 192 g/mol. The fourth-order valence-electron chi connectivity index (χ4n) is 1.92. The van der Waals surface area contributed by atoms with Crippen LogP contribution in [0.2, 0.25) is 0 Å². The molecule has 82 valence electrons. The van der Waals surface area contributed by atoms with E-state index in [2.05, 4.69) is 62.4 Å². The predicted molar refractivity (Wildman–Crippen MR) is 69.8 cm³/mol. The highest BCUT2D eigenvalue weighted by Gasteiger charge is 1.98. The molecule has 0 spiro atoms. The maximum atomic E-state index is 2.23. The van der Waals surface area contributed by atoms with Gasteiger partial charge >= 0.3 is 0 Å². The van der Waals surface area contributed by atoms with Crippen molar-refractivity contribution in [1.82, 2.24) is 0 Å². The molecule has 2 rings (SSSR count). The Hall–Kier alpha value is -1.56. The van der Waals surface area contributed by atoms with Crippen molar-refractivity contribution >= 4 is 0 Å². The van der Waals surface area contributed by atoms with Gasteiger partial charge in [0.15, 0.2) is 0 Å². The zero-order valence-electron chi connectivity index (χ0n) is 10.0. The molecule has 0 radical (unpaired) electrons. The van der Waals surface area contributed by atoms with Crippen LogP contribution in [0.5, 0.6) is 0 Å². The topological polar surface area (TPSA) is 0 Å². The van der Waals surface area contributed by atoms with Crippen LogP contribution in [0.1, 0.15) is 22.3 Å². The molecule has 0 aromatic heterocycles. The van der Waals surface area contributed by atoms with Crippen LogP contribution in [0, 0.1) is 13.8 Å². The van der Waals surface area contributed by atoms with Crippen LogP contribution in [0.25, 0.3) is 0 Å². The van der Waals surface area contributed by atoms with Gasteiger partial charge in [0.05, 0.1) is 0 Å². The summed E-state index contributed by atoms with van der Waals surface area (Å²) in [5.74, 6) is 0. The zero-order valence-corrected chi connectivity index (χ0v) is 10.0. The van der Waals surface area contributed by atoms with Gasteiger partial charge < -0.3 is 0 Å². The minimum absolute atomic E-state index is 1.13. The molecule has 0 N–H and O–H groups in total. The Bertz CT molecular complexity index is 452. The minimum Gasteiger partial charge on any atom is -0.0620 e. The molecule has 0 nitrogen and oxygen atoms in total. The Morgan fingerprint density at radius 1 is 0.750 bits per heavy atom. The van der Waals surface area contributed by atoms with E-state index in [0.717, 1.165) is 12.8 Å². The first kappa shape index (κ1) is 10.9. The van der Waals surface area contributed by atoms with Gasteiger partial charge in [0, 0.05) is 0 Å². The lowest BCUT2D eigenvalue weighted by atomic mass is 10.0. The standard InChI is InChI=1S/C16H18/c1-13-7-9-15(10-8-13)11-12-16-6-4-3-5-14(16)2/h3-10H,11-12H2,1-2H3. The summed E-state index contributed by atoms with van der Waals surface area (Å²) in [6.07, 6.45) is 2.26. The Morgan fingerprint density at radius 3 is 2.12 bits per heavy atom. The summed E-state index contributed by atoms with van der Waals surface area (Å²) in [5.41, 5.74) is 5.62. The van der Waals surface area contributed by atoms with E-state index < -0.39 is 0 Å². The quantitative estimate of drug-likeness (QED) is 0.715. The monoisotopic (exact) mass is 210 g/mol. The van der Waals surface area contributed by atoms with Crippen LogP contribution < -0.4 is 0 Å². The highest BCUT2D eigenvalue weighted by Crippen LogP contribution is 2.12. The highest BCUT2D eigenvalue weighted by molar-refractivity contribution is 5.28. The first-order chi connectivity index (χ1) is 7.75. The van der Waals surface area contributed by atoms with Crippen molar-refractivity contribution in [2.75, 3.05) is 0 Å². The first-order valence-corrected chi connectivity index (χ1v) is 5.86. The summed E-state index contributed by atoms with van der Waals surface area (Å²) < 4.78 is 0. The fourth-order valence-corrected chi connectivity index (χ4v) is 1.92. The van der Waals surface area contributed by atoms with Gasteiger partial charge in [0.2, 0.25) is 0 Å². The van der Waals surface area contributed by atoms with Gasteiger partial charge in [-0.25, -0.2) is 0 Å². The van der Waals surface area contributed by atoms with Crippen LogP contribution in [0.15, 0.2) is 48.5 Å². The zero-order chi connectivity index (χ0) is 11.4. The second kappa shape index (κ2) is 4.98.